The molecule has 0 rings (SSSR count). The van der Waals surface area contributed by atoms with Crippen LogP contribution in [0.4, 0.5) is 0 Å². The van der Waals surface area contributed by atoms with Crippen molar-refractivity contribution in [2.45, 2.75) is 6.92 Å². The fourth-order valence-corrected chi connectivity index (χ4v) is 0.229. The Morgan fingerprint density at radius 2 is 2.25 bits per heavy atom. The summed E-state index contributed by atoms with van der Waals surface area (Å²) >= 11 is 3.70. The van der Waals surface area contributed by atoms with E-state index in [1.165, 1.54) is 18.5 Å². The number of carbonyl (C=O) groups is 1. The fourth-order valence-electron chi connectivity index (χ4n) is 0.155. The summed E-state index contributed by atoms with van der Waals surface area (Å²) in [5.74, 6) is -0.0784. The molecule has 0 aromatic carbocycles. The van der Waals surface area contributed by atoms with Crippen LogP contribution < -0.4 is 5.32 Å². The molecular weight excluding hydrogens is 218 g/mol. The standard InChI is InChI=1S/C4H7NOS.Ag/c1-4(6)5-2-3-7;/h2-3,7H,1H3,(H,5,6);/b3-2-;. The molecule has 0 bridgehead atoms. The van der Waals surface area contributed by atoms with Gasteiger partial charge in [0.2, 0.25) is 5.91 Å². The molecule has 0 spiro atoms. The topological polar surface area (TPSA) is 29.1 Å². The Bertz CT molecular complexity index is 94.0. The van der Waals surface area contributed by atoms with E-state index in [2.05, 4.69) is 17.9 Å². The molecule has 0 aliphatic carbocycles. The van der Waals surface area contributed by atoms with Crippen LogP contribution in [0.15, 0.2) is 11.6 Å². The van der Waals surface area contributed by atoms with E-state index in [4.69, 9.17) is 0 Å². The van der Waals surface area contributed by atoms with Crippen molar-refractivity contribution in [1.82, 2.24) is 5.32 Å². The first kappa shape index (κ1) is 11.1. The monoisotopic (exact) mass is 224 g/mol. The zero-order valence-electron chi connectivity index (χ0n) is 4.31. The van der Waals surface area contributed by atoms with Crippen LogP contribution in [0.2, 0.25) is 0 Å². The van der Waals surface area contributed by atoms with E-state index in [1.807, 2.05) is 0 Å². The van der Waals surface area contributed by atoms with Gasteiger partial charge in [-0.15, -0.1) is 12.6 Å². The first-order valence-electron chi connectivity index (χ1n) is 1.83. The number of nitrogens with one attached hydrogen (secondary N) is 1. The van der Waals surface area contributed by atoms with Crippen LogP contribution in [0.3, 0.4) is 0 Å². The number of thiol groups is 1. The fraction of sp³-hybridized carbons (Fsp3) is 0.250. The van der Waals surface area contributed by atoms with Crippen LogP contribution in [0.5, 0.6) is 0 Å². The minimum absolute atomic E-state index is 0. The predicted octanol–water partition coefficient (Wildman–Crippen LogP) is 0.521. The number of carbonyl (C=O) groups excluding carboxylic acids is 1. The summed E-state index contributed by atoms with van der Waals surface area (Å²) in [6, 6.07) is 0. The molecule has 1 N–H and O–H groups in total. The smallest absolute Gasteiger partial charge is 0.220 e. The molecule has 0 aromatic rings. The first-order valence-corrected chi connectivity index (χ1v) is 2.35. The average molecular weight is 225 g/mol. The zero-order valence-corrected chi connectivity index (χ0v) is 6.69. The molecule has 1 radical (unpaired) electrons. The number of amides is 1. The van der Waals surface area contributed by atoms with Gasteiger partial charge in [0.1, 0.15) is 0 Å². The quantitative estimate of drug-likeness (QED) is 0.494. The second-order valence-electron chi connectivity index (χ2n) is 1.02. The van der Waals surface area contributed by atoms with E-state index >= 15 is 0 Å². The van der Waals surface area contributed by atoms with Gasteiger partial charge in [-0.25, -0.2) is 0 Å². The zero-order chi connectivity index (χ0) is 5.70. The third-order valence-electron chi connectivity index (χ3n) is 0.361. The molecule has 2 nitrogen and oxygen atoms in total. The second-order valence-corrected chi connectivity index (χ2v) is 1.31. The molecule has 0 saturated heterocycles. The molecule has 0 heterocycles. The Balaban J connectivity index is 0. The van der Waals surface area contributed by atoms with Crippen molar-refractivity contribution in [2.24, 2.45) is 0 Å². The minimum Gasteiger partial charge on any atom is -0.332 e. The number of hydrogen-bond donors (Lipinski definition) is 2. The van der Waals surface area contributed by atoms with Crippen molar-refractivity contribution in [2.75, 3.05) is 0 Å². The van der Waals surface area contributed by atoms with Gasteiger partial charge in [0.25, 0.3) is 0 Å². The van der Waals surface area contributed by atoms with Crippen LogP contribution in [-0.4, -0.2) is 5.91 Å². The maximum atomic E-state index is 10.0. The van der Waals surface area contributed by atoms with Gasteiger partial charge < -0.3 is 5.32 Å². The van der Waals surface area contributed by atoms with Gasteiger partial charge in [-0.05, 0) is 5.41 Å². The van der Waals surface area contributed by atoms with Crippen LogP contribution in [-0.2, 0) is 27.2 Å². The average Bonchev–Trinajstić information content (AvgIpc) is 1.61. The van der Waals surface area contributed by atoms with Crippen molar-refractivity contribution in [3.63, 3.8) is 0 Å². The summed E-state index contributed by atoms with van der Waals surface area (Å²) in [5.41, 5.74) is 0. The minimum atomic E-state index is -0.0784. The maximum Gasteiger partial charge on any atom is 0.220 e. The van der Waals surface area contributed by atoms with Crippen molar-refractivity contribution in [1.29, 1.82) is 0 Å². The molecule has 4 heteroatoms. The van der Waals surface area contributed by atoms with Crippen LogP contribution in [0.25, 0.3) is 0 Å². The van der Waals surface area contributed by atoms with Crippen LogP contribution in [0.1, 0.15) is 6.92 Å². The molecule has 51 valence electrons. The molecule has 0 fully saturated rings. The molecule has 1 amide bonds. The van der Waals surface area contributed by atoms with Crippen molar-refractivity contribution in [3.8, 4) is 0 Å². The third kappa shape index (κ3) is 9.57. The van der Waals surface area contributed by atoms with E-state index in [0.717, 1.165) is 0 Å². The molecule has 0 aliphatic rings. The molecule has 0 saturated carbocycles. The largest absolute Gasteiger partial charge is 0.332 e. The summed E-state index contributed by atoms with van der Waals surface area (Å²) in [7, 11) is 0. The van der Waals surface area contributed by atoms with Gasteiger partial charge >= 0.3 is 0 Å². The predicted molar refractivity (Wildman–Crippen MR) is 31.9 cm³/mol. The van der Waals surface area contributed by atoms with Gasteiger partial charge in [0.05, 0.1) is 0 Å². The first-order chi connectivity index (χ1) is 3.27. The summed E-state index contributed by atoms with van der Waals surface area (Å²) < 4.78 is 0. The summed E-state index contributed by atoms with van der Waals surface area (Å²) in [6.07, 6.45) is 1.46. The van der Waals surface area contributed by atoms with Gasteiger partial charge in [0.15, 0.2) is 0 Å². The Labute approximate surface area is 69.6 Å². The van der Waals surface area contributed by atoms with Crippen molar-refractivity contribution in [3.05, 3.63) is 11.6 Å². The van der Waals surface area contributed by atoms with E-state index in [-0.39, 0.29) is 28.3 Å². The van der Waals surface area contributed by atoms with Crippen molar-refractivity contribution >= 4 is 18.5 Å². The summed E-state index contributed by atoms with van der Waals surface area (Å²) in [4.78, 5) is 10.0. The Morgan fingerprint density at radius 3 is 2.38 bits per heavy atom. The van der Waals surface area contributed by atoms with Crippen LogP contribution >= 0.6 is 12.6 Å². The molecular formula is C4H7AgNOS. The Morgan fingerprint density at radius 1 is 1.75 bits per heavy atom. The van der Waals surface area contributed by atoms with Gasteiger partial charge in [-0.2, -0.15) is 0 Å². The number of rotatable bonds is 1. The Hall–Kier alpha value is 0.300. The van der Waals surface area contributed by atoms with E-state index in [0.29, 0.717) is 0 Å². The molecule has 0 aromatic heterocycles. The SMILES string of the molecule is CC(=O)N/C=C\S.[Ag]. The van der Waals surface area contributed by atoms with Crippen molar-refractivity contribution < 1.29 is 27.2 Å². The van der Waals surface area contributed by atoms with Crippen LogP contribution in [0, 0.1) is 0 Å². The molecule has 0 atom stereocenters. The number of hydrogen-bond acceptors (Lipinski definition) is 2. The van der Waals surface area contributed by atoms with E-state index in [1.54, 1.807) is 0 Å². The Kier molecular flexibility index (Phi) is 10.2. The molecule has 0 aliphatic heterocycles. The van der Waals surface area contributed by atoms with E-state index < -0.39 is 0 Å². The van der Waals surface area contributed by atoms with Gasteiger partial charge in [-0.3, -0.25) is 4.79 Å². The van der Waals surface area contributed by atoms with Gasteiger partial charge in [-0.1, -0.05) is 0 Å². The molecule has 8 heavy (non-hydrogen) atoms. The maximum absolute atomic E-state index is 10.0. The second kappa shape index (κ2) is 7.30. The third-order valence-corrected chi connectivity index (χ3v) is 0.510. The summed E-state index contributed by atoms with van der Waals surface area (Å²) in [5, 5.41) is 3.86. The molecule has 0 unspecified atom stereocenters. The normalized spacial score (nSPS) is 8.25. The van der Waals surface area contributed by atoms with Gasteiger partial charge in [0, 0.05) is 35.5 Å². The summed E-state index contributed by atoms with van der Waals surface area (Å²) in [6.45, 7) is 1.44. The van der Waals surface area contributed by atoms with E-state index in [9.17, 15) is 4.79 Å².